The predicted molar refractivity (Wildman–Crippen MR) is 98.9 cm³/mol. The fraction of sp³-hybridized carbons (Fsp3) is 0.333. The second-order valence-electron chi connectivity index (χ2n) is 6.21. The third-order valence-corrected chi connectivity index (χ3v) is 5.18. The van der Waals surface area contributed by atoms with E-state index in [-0.39, 0.29) is 23.6 Å². The molecule has 2 aromatic heterocycles. The molecular weight excluding hydrogens is 369 g/mol. The molecule has 7 nitrogen and oxygen atoms in total. The maximum absolute atomic E-state index is 13.1. The van der Waals surface area contributed by atoms with E-state index < -0.39 is 0 Å². The molecule has 0 bridgehead atoms. The number of rotatable bonds is 6. The molecule has 0 radical (unpaired) electrons. The highest BCUT2D eigenvalue weighted by Gasteiger charge is 2.17. The van der Waals surface area contributed by atoms with Gasteiger partial charge < -0.3 is 10.1 Å². The second kappa shape index (κ2) is 8.01. The van der Waals surface area contributed by atoms with Gasteiger partial charge in [0.25, 0.3) is 0 Å². The van der Waals surface area contributed by atoms with Crippen molar-refractivity contribution in [3.05, 3.63) is 42.2 Å². The van der Waals surface area contributed by atoms with Crippen molar-refractivity contribution in [2.45, 2.75) is 24.1 Å². The van der Waals surface area contributed by atoms with Crippen LogP contribution in [0.25, 0.3) is 16.9 Å². The van der Waals surface area contributed by atoms with Crippen LogP contribution in [0.2, 0.25) is 0 Å². The van der Waals surface area contributed by atoms with Crippen LogP contribution in [0.5, 0.6) is 0 Å². The van der Waals surface area contributed by atoms with Gasteiger partial charge in [0.05, 0.1) is 17.6 Å². The monoisotopic (exact) mass is 387 g/mol. The normalized spacial score (nSPS) is 16.7. The minimum atomic E-state index is -0.297. The summed E-state index contributed by atoms with van der Waals surface area (Å²) in [5, 5.41) is 16.1. The first kappa shape index (κ1) is 17.9. The molecule has 0 unspecified atom stereocenters. The molecule has 1 amide bonds. The van der Waals surface area contributed by atoms with Crippen molar-refractivity contribution in [1.82, 2.24) is 25.1 Å². The number of benzene rings is 1. The molecule has 0 saturated carbocycles. The Labute approximate surface area is 159 Å². The van der Waals surface area contributed by atoms with Gasteiger partial charge in [0.1, 0.15) is 5.82 Å². The van der Waals surface area contributed by atoms with E-state index in [0.29, 0.717) is 23.0 Å². The summed E-state index contributed by atoms with van der Waals surface area (Å²) in [6.45, 7) is 1.30. The molecule has 1 saturated heterocycles. The minimum Gasteiger partial charge on any atom is -0.376 e. The van der Waals surface area contributed by atoms with Crippen LogP contribution in [0.3, 0.4) is 0 Å². The van der Waals surface area contributed by atoms with Gasteiger partial charge in [0.15, 0.2) is 5.65 Å². The molecule has 140 valence electrons. The summed E-state index contributed by atoms with van der Waals surface area (Å²) in [4.78, 5) is 12.1. The molecule has 3 aromatic rings. The molecule has 1 fully saturated rings. The number of hydrogen-bond acceptors (Lipinski definition) is 6. The smallest absolute Gasteiger partial charge is 0.230 e. The predicted octanol–water partition coefficient (Wildman–Crippen LogP) is 2.32. The Bertz CT molecular complexity index is 941. The van der Waals surface area contributed by atoms with E-state index >= 15 is 0 Å². The Hall–Kier alpha value is -2.52. The third kappa shape index (κ3) is 4.25. The van der Waals surface area contributed by atoms with Crippen molar-refractivity contribution in [2.75, 3.05) is 18.9 Å². The van der Waals surface area contributed by atoms with Gasteiger partial charge in [-0.3, -0.25) is 4.79 Å². The standard InChI is InChI=1S/C18H18FN5O2S/c19-13-5-3-12(4-6-13)15-7-8-16-21-22-18(24(16)23-15)27-11-17(25)20-10-14-2-1-9-26-14/h3-8,14H,1-2,9-11H2,(H,20,25)/t14-/m0/s1. The Morgan fingerprint density at radius 3 is 2.89 bits per heavy atom. The number of aromatic nitrogens is 4. The minimum absolute atomic E-state index is 0.0815. The van der Waals surface area contributed by atoms with Gasteiger partial charge in [0.2, 0.25) is 11.1 Å². The van der Waals surface area contributed by atoms with Crippen molar-refractivity contribution in [1.29, 1.82) is 0 Å². The Morgan fingerprint density at radius 2 is 2.11 bits per heavy atom. The van der Waals surface area contributed by atoms with Crippen LogP contribution in [-0.2, 0) is 9.53 Å². The number of ether oxygens (including phenoxy) is 1. The van der Waals surface area contributed by atoms with Gasteiger partial charge in [-0.1, -0.05) is 11.8 Å². The lowest BCUT2D eigenvalue weighted by molar-refractivity contribution is -0.119. The zero-order valence-electron chi connectivity index (χ0n) is 14.5. The summed E-state index contributed by atoms with van der Waals surface area (Å²) in [5.41, 5.74) is 2.05. The largest absolute Gasteiger partial charge is 0.376 e. The SMILES string of the molecule is O=C(CSc1nnc2ccc(-c3ccc(F)cc3)nn12)NC[C@@H]1CCCO1. The molecular formula is C18H18FN5O2S. The first-order valence-corrected chi connectivity index (χ1v) is 9.67. The maximum Gasteiger partial charge on any atom is 0.230 e. The Morgan fingerprint density at radius 1 is 1.26 bits per heavy atom. The second-order valence-corrected chi connectivity index (χ2v) is 7.15. The lowest BCUT2D eigenvalue weighted by Gasteiger charge is -2.10. The number of nitrogens with one attached hydrogen (secondary N) is 1. The molecule has 9 heteroatoms. The van der Waals surface area contributed by atoms with Gasteiger partial charge in [-0.2, -0.15) is 9.61 Å². The molecule has 3 heterocycles. The molecule has 1 N–H and O–H groups in total. The zero-order valence-corrected chi connectivity index (χ0v) is 15.3. The van der Waals surface area contributed by atoms with Crippen LogP contribution in [-0.4, -0.2) is 50.7 Å². The molecule has 4 rings (SSSR count). The van der Waals surface area contributed by atoms with E-state index in [2.05, 4.69) is 20.6 Å². The molecule has 1 atom stereocenters. The summed E-state index contributed by atoms with van der Waals surface area (Å²) in [6, 6.07) is 9.71. The van der Waals surface area contributed by atoms with Crippen molar-refractivity contribution >= 4 is 23.3 Å². The first-order chi connectivity index (χ1) is 13.2. The number of hydrogen-bond donors (Lipinski definition) is 1. The Balaban J connectivity index is 1.43. The number of halogens is 1. The summed E-state index contributed by atoms with van der Waals surface area (Å²) in [7, 11) is 0. The Kier molecular flexibility index (Phi) is 5.30. The van der Waals surface area contributed by atoms with Gasteiger partial charge in [-0.25, -0.2) is 4.39 Å². The van der Waals surface area contributed by atoms with Gasteiger partial charge in [-0.05, 0) is 49.2 Å². The third-order valence-electron chi connectivity index (χ3n) is 4.26. The van der Waals surface area contributed by atoms with E-state index in [4.69, 9.17) is 4.74 Å². The fourth-order valence-electron chi connectivity index (χ4n) is 2.85. The molecule has 0 spiro atoms. The van der Waals surface area contributed by atoms with Gasteiger partial charge >= 0.3 is 0 Å². The van der Waals surface area contributed by atoms with Crippen LogP contribution >= 0.6 is 11.8 Å². The highest BCUT2D eigenvalue weighted by molar-refractivity contribution is 7.99. The van der Waals surface area contributed by atoms with E-state index in [1.807, 2.05) is 0 Å². The van der Waals surface area contributed by atoms with Gasteiger partial charge in [-0.15, -0.1) is 10.2 Å². The van der Waals surface area contributed by atoms with Crippen LogP contribution in [0, 0.1) is 5.82 Å². The lowest BCUT2D eigenvalue weighted by atomic mass is 10.1. The van der Waals surface area contributed by atoms with Crippen molar-refractivity contribution in [2.24, 2.45) is 0 Å². The van der Waals surface area contributed by atoms with Crippen LogP contribution in [0.15, 0.2) is 41.6 Å². The molecule has 1 aliphatic heterocycles. The van der Waals surface area contributed by atoms with Crippen LogP contribution < -0.4 is 5.32 Å². The lowest BCUT2D eigenvalue weighted by Crippen LogP contribution is -2.32. The van der Waals surface area contributed by atoms with Crippen LogP contribution in [0.4, 0.5) is 4.39 Å². The van der Waals surface area contributed by atoms with E-state index in [1.165, 1.54) is 23.9 Å². The van der Waals surface area contributed by atoms with Gasteiger partial charge in [0, 0.05) is 18.7 Å². The number of amides is 1. The molecule has 1 aromatic carbocycles. The van der Waals surface area contributed by atoms with E-state index in [0.717, 1.165) is 25.0 Å². The fourth-order valence-corrected chi connectivity index (χ4v) is 3.57. The van der Waals surface area contributed by atoms with E-state index in [1.54, 1.807) is 28.8 Å². The maximum atomic E-state index is 13.1. The number of nitrogens with zero attached hydrogens (tertiary/aromatic N) is 4. The summed E-state index contributed by atoms with van der Waals surface area (Å²) < 4.78 is 20.2. The van der Waals surface area contributed by atoms with Crippen molar-refractivity contribution < 1.29 is 13.9 Å². The number of fused-ring (bicyclic) bond motifs is 1. The molecule has 27 heavy (non-hydrogen) atoms. The topological polar surface area (TPSA) is 81.4 Å². The van der Waals surface area contributed by atoms with Crippen molar-refractivity contribution in [3.63, 3.8) is 0 Å². The number of carbonyl (C=O) groups is 1. The highest BCUT2D eigenvalue weighted by atomic mass is 32.2. The number of carbonyl (C=O) groups excluding carboxylic acids is 1. The van der Waals surface area contributed by atoms with E-state index in [9.17, 15) is 9.18 Å². The summed E-state index contributed by atoms with van der Waals surface area (Å²) in [5.74, 6) is -0.160. The average Bonchev–Trinajstić information content (AvgIpc) is 3.34. The summed E-state index contributed by atoms with van der Waals surface area (Å²) in [6.07, 6.45) is 2.15. The summed E-state index contributed by atoms with van der Waals surface area (Å²) >= 11 is 1.27. The zero-order chi connectivity index (χ0) is 18.6. The van der Waals surface area contributed by atoms with Crippen molar-refractivity contribution in [3.8, 4) is 11.3 Å². The first-order valence-electron chi connectivity index (χ1n) is 8.68. The number of thioether (sulfide) groups is 1. The molecule has 1 aliphatic rings. The molecule has 0 aliphatic carbocycles. The van der Waals surface area contributed by atoms with Crippen LogP contribution in [0.1, 0.15) is 12.8 Å². The highest BCUT2D eigenvalue weighted by Crippen LogP contribution is 2.21. The quantitative estimate of drug-likeness (QED) is 0.654. The average molecular weight is 387 g/mol.